The van der Waals surface area contributed by atoms with Crippen molar-refractivity contribution in [3.63, 3.8) is 0 Å². The van der Waals surface area contributed by atoms with Gasteiger partial charge in [0.05, 0.1) is 27.4 Å². The molecule has 3 rings (SSSR count). The molecule has 0 radical (unpaired) electrons. The maximum atomic E-state index is 14.0. The van der Waals surface area contributed by atoms with E-state index in [0.29, 0.717) is 0 Å². The SMILES string of the molecule is COc1cc([C@H]2NC(=O)N[C@](O)(C(F)(F)F)[C@@H]2C(=O)c2ccccc2)cc(OC)c1OC. The summed E-state index contributed by atoms with van der Waals surface area (Å²) in [5.41, 5.74) is -3.88. The number of hydrogen-bond donors (Lipinski definition) is 3. The molecule has 0 aliphatic carbocycles. The Bertz CT molecular complexity index is 989. The second-order valence-corrected chi connectivity index (χ2v) is 7.01. The number of benzene rings is 2. The Morgan fingerprint density at radius 1 is 1.03 bits per heavy atom. The van der Waals surface area contributed by atoms with Crippen LogP contribution in [-0.4, -0.2) is 50.2 Å². The molecule has 2 aromatic carbocycles. The third-order valence-corrected chi connectivity index (χ3v) is 5.19. The first-order valence-electron chi connectivity index (χ1n) is 9.34. The quantitative estimate of drug-likeness (QED) is 0.580. The molecule has 2 aromatic rings. The average molecular weight is 454 g/mol. The van der Waals surface area contributed by atoms with Crippen LogP contribution in [0.15, 0.2) is 42.5 Å². The van der Waals surface area contributed by atoms with Gasteiger partial charge in [0.2, 0.25) is 11.5 Å². The second kappa shape index (κ2) is 8.58. The van der Waals surface area contributed by atoms with Gasteiger partial charge >= 0.3 is 12.2 Å². The topological polar surface area (TPSA) is 106 Å². The van der Waals surface area contributed by atoms with Crippen molar-refractivity contribution in [2.45, 2.75) is 17.9 Å². The van der Waals surface area contributed by atoms with Gasteiger partial charge in [-0.3, -0.25) is 4.79 Å². The van der Waals surface area contributed by atoms with Gasteiger partial charge in [0.25, 0.3) is 0 Å². The Morgan fingerprint density at radius 3 is 2.06 bits per heavy atom. The minimum absolute atomic E-state index is 0.0336. The van der Waals surface area contributed by atoms with Crippen LogP contribution >= 0.6 is 0 Å². The Hall–Kier alpha value is -3.47. The number of aliphatic hydroxyl groups is 1. The Balaban J connectivity index is 2.24. The molecule has 11 heteroatoms. The van der Waals surface area contributed by atoms with E-state index < -0.39 is 35.7 Å². The van der Waals surface area contributed by atoms with Crippen LogP contribution < -0.4 is 24.8 Å². The first-order valence-corrected chi connectivity index (χ1v) is 9.34. The molecule has 3 atom stereocenters. The standard InChI is InChI=1S/C21H21F3N2O6/c1-30-13-9-12(10-14(31-2)18(13)32-3)16-15(17(27)11-7-5-4-6-8-11)20(29,21(22,23)24)26-19(28)25-16/h4-10,15-16,29H,1-3H3,(H2,25,26,28)/t15-,16+,20+/m0/s1. The number of hydrogen-bond acceptors (Lipinski definition) is 6. The zero-order chi connectivity index (χ0) is 23.7. The van der Waals surface area contributed by atoms with Crippen molar-refractivity contribution in [1.82, 2.24) is 10.6 Å². The van der Waals surface area contributed by atoms with Crippen molar-refractivity contribution in [2.75, 3.05) is 21.3 Å². The number of nitrogens with one attached hydrogen (secondary N) is 2. The Morgan fingerprint density at radius 2 is 1.59 bits per heavy atom. The largest absolute Gasteiger partial charge is 0.493 e. The predicted octanol–water partition coefficient (Wildman–Crippen LogP) is 2.82. The molecule has 3 N–H and O–H groups in total. The number of Topliss-reactive ketones (excluding diaryl/α,β-unsaturated/α-hetero) is 1. The van der Waals surface area contributed by atoms with E-state index in [1.807, 2.05) is 0 Å². The molecular formula is C21H21F3N2O6. The number of carbonyl (C=O) groups excluding carboxylic acids is 2. The molecule has 172 valence electrons. The minimum atomic E-state index is -5.36. The highest BCUT2D eigenvalue weighted by Crippen LogP contribution is 2.47. The molecule has 1 aliphatic rings. The van der Waals surface area contributed by atoms with Crippen molar-refractivity contribution in [3.8, 4) is 17.2 Å². The number of amides is 2. The molecule has 0 aromatic heterocycles. The highest BCUT2D eigenvalue weighted by Gasteiger charge is 2.66. The first-order chi connectivity index (χ1) is 15.1. The maximum absolute atomic E-state index is 14.0. The van der Waals surface area contributed by atoms with Gasteiger partial charge in [0.15, 0.2) is 17.3 Å². The highest BCUT2D eigenvalue weighted by atomic mass is 19.4. The summed E-state index contributed by atoms with van der Waals surface area (Å²) < 4.78 is 57.7. The number of methoxy groups -OCH3 is 3. The van der Waals surface area contributed by atoms with Gasteiger partial charge in [-0.1, -0.05) is 30.3 Å². The molecule has 32 heavy (non-hydrogen) atoms. The Kier molecular flexibility index (Phi) is 6.22. The van der Waals surface area contributed by atoms with Crippen LogP contribution in [0.25, 0.3) is 0 Å². The number of halogens is 3. The summed E-state index contributed by atoms with van der Waals surface area (Å²) in [5, 5.41) is 14.5. The highest BCUT2D eigenvalue weighted by molar-refractivity contribution is 6.00. The van der Waals surface area contributed by atoms with Crippen molar-refractivity contribution < 1.29 is 42.1 Å². The van der Waals surface area contributed by atoms with Crippen LogP contribution in [0.3, 0.4) is 0 Å². The number of urea groups is 1. The van der Waals surface area contributed by atoms with Crippen molar-refractivity contribution in [1.29, 1.82) is 0 Å². The lowest BCUT2D eigenvalue weighted by Crippen LogP contribution is -2.72. The van der Waals surface area contributed by atoms with E-state index in [1.54, 1.807) is 6.07 Å². The van der Waals surface area contributed by atoms with E-state index in [1.165, 1.54) is 63.0 Å². The summed E-state index contributed by atoms with van der Waals surface area (Å²) >= 11 is 0. The summed E-state index contributed by atoms with van der Waals surface area (Å²) in [5.74, 6) is -2.86. The molecule has 1 fully saturated rings. The third-order valence-electron chi connectivity index (χ3n) is 5.19. The van der Waals surface area contributed by atoms with Gasteiger partial charge in [-0.2, -0.15) is 13.2 Å². The van der Waals surface area contributed by atoms with Gasteiger partial charge in [-0.15, -0.1) is 0 Å². The maximum Gasteiger partial charge on any atom is 0.437 e. The summed E-state index contributed by atoms with van der Waals surface area (Å²) in [6.07, 6.45) is -5.36. The number of rotatable bonds is 6. The molecule has 1 saturated heterocycles. The van der Waals surface area contributed by atoms with Crippen LogP contribution in [0.4, 0.5) is 18.0 Å². The van der Waals surface area contributed by atoms with Gasteiger partial charge in [-0.25, -0.2) is 4.79 Å². The lowest BCUT2D eigenvalue weighted by atomic mass is 9.77. The normalized spacial score (nSPS) is 23.0. The average Bonchev–Trinajstić information content (AvgIpc) is 2.76. The lowest BCUT2D eigenvalue weighted by Gasteiger charge is -2.45. The van der Waals surface area contributed by atoms with E-state index in [2.05, 4.69) is 5.32 Å². The number of ether oxygens (including phenoxy) is 3. The molecular weight excluding hydrogens is 433 g/mol. The second-order valence-electron chi connectivity index (χ2n) is 7.01. The van der Waals surface area contributed by atoms with Crippen LogP contribution in [0.1, 0.15) is 22.0 Å². The van der Waals surface area contributed by atoms with Crippen molar-refractivity contribution in [2.24, 2.45) is 5.92 Å². The number of carbonyl (C=O) groups is 2. The first kappa shape index (κ1) is 23.2. The third kappa shape index (κ3) is 3.91. The molecule has 0 unspecified atom stereocenters. The van der Waals surface area contributed by atoms with Crippen LogP contribution in [0, 0.1) is 5.92 Å². The zero-order valence-electron chi connectivity index (χ0n) is 17.3. The molecule has 8 nitrogen and oxygen atoms in total. The fraction of sp³-hybridized carbons (Fsp3) is 0.333. The molecule has 0 bridgehead atoms. The molecule has 1 aliphatic heterocycles. The zero-order valence-corrected chi connectivity index (χ0v) is 17.3. The van der Waals surface area contributed by atoms with E-state index in [4.69, 9.17) is 14.2 Å². The van der Waals surface area contributed by atoms with Gasteiger partial charge in [0, 0.05) is 5.56 Å². The smallest absolute Gasteiger partial charge is 0.437 e. The number of ketones is 1. The molecule has 0 saturated carbocycles. The van der Waals surface area contributed by atoms with Crippen LogP contribution in [0.2, 0.25) is 0 Å². The summed E-state index contributed by atoms with van der Waals surface area (Å²) in [7, 11) is 3.96. The van der Waals surface area contributed by atoms with Crippen LogP contribution in [0.5, 0.6) is 17.2 Å². The van der Waals surface area contributed by atoms with E-state index in [9.17, 15) is 27.9 Å². The predicted molar refractivity (Wildman–Crippen MR) is 106 cm³/mol. The van der Waals surface area contributed by atoms with Gasteiger partial charge in [-0.05, 0) is 17.7 Å². The molecule has 0 spiro atoms. The van der Waals surface area contributed by atoms with Crippen LogP contribution in [-0.2, 0) is 0 Å². The fourth-order valence-electron chi connectivity index (χ4n) is 3.68. The summed E-state index contributed by atoms with van der Waals surface area (Å²) in [6.45, 7) is 0. The van der Waals surface area contributed by atoms with E-state index in [0.717, 1.165) is 0 Å². The van der Waals surface area contributed by atoms with Gasteiger partial charge < -0.3 is 30.0 Å². The van der Waals surface area contributed by atoms with E-state index >= 15 is 0 Å². The summed E-state index contributed by atoms with van der Waals surface area (Å²) in [4.78, 5) is 25.4. The summed E-state index contributed by atoms with van der Waals surface area (Å²) in [6, 6.07) is 6.90. The number of alkyl halides is 3. The molecule has 1 heterocycles. The lowest BCUT2D eigenvalue weighted by molar-refractivity contribution is -0.287. The van der Waals surface area contributed by atoms with Gasteiger partial charge in [0.1, 0.15) is 5.92 Å². The molecule has 2 amide bonds. The minimum Gasteiger partial charge on any atom is -0.493 e. The Labute approximate surface area is 181 Å². The monoisotopic (exact) mass is 454 g/mol. The van der Waals surface area contributed by atoms with E-state index in [-0.39, 0.29) is 28.4 Å². The fourth-order valence-corrected chi connectivity index (χ4v) is 3.68. The van der Waals surface area contributed by atoms with Crippen molar-refractivity contribution >= 4 is 11.8 Å². The van der Waals surface area contributed by atoms with Crippen molar-refractivity contribution in [3.05, 3.63) is 53.6 Å².